The molecule has 1 aliphatic heterocycles. The van der Waals surface area contributed by atoms with Crippen molar-refractivity contribution in [1.82, 2.24) is 0 Å². The third-order valence-electron chi connectivity index (χ3n) is 5.20. The molecule has 7 heteroatoms. The summed E-state index contributed by atoms with van der Waals surface area (Å²) in [5, 5.41) is 0. The summed E-state index contributed by atoms with van der Waals surface area (Å²) in [5.41, 5.74) is 1.88. The molecule has 0 fully saturated rings. The molecule has 0 aromatic heterocycles. The van der Waals surface area contributed by atoms with E-state index in [4.69, 9.17) is 4.74 Å². The molecule has 4 rings (SSSR count). The third-order valence-corrected chi connectivity index (χ3v) is 5.20. The maximum absolute atomic E-state index is 15.1. The third kappa shape index (κ3) is 3.34. The van der Waals surface area contributed by atoms with E-state index in [-0.39, 0.29) is 17.9 Å². The van der Waals surface area contributed by atoms with Crippen LogP contribution in [0.1, 0.15) is 37.3 Å². The molecule has 148 valence electrons. The summed E-state index contributed by atoms with van der Waals surface area (Å²) < 4.78 is 75.9. The fourth-order valence-corrected chi connectivity index (χ4v) is 3.71. The lowest BCUT2D eigenvalue weighted by atomic mass is 9.86. The molecule has 0 saturated heterocycles. The zero-order valence-electron chi connectivity index (χ0n) is 15.0. The zero-order valence-corrected chi connectivity index (χ0v) is 15.0. The van der Waals surface area contributed by atoms with Crippen LogP contribution in [-0.2, 0) is 6.61 Å². The largest absolute Gasteiger partial charge is 0.573 e. The number of hydrogen-bond donors (Lipinski definition) is 0. The Morgan fingerprint density at radius 2 is 1.71 bits per heavy atom. The highest BCUT2D eigenvalue weighted by molar-refractivity contribution is 5.80. The second-order valence-corrected chi connectivity index (χ2v) is 7.15. The van der Waals surface area contributed by atoms with Crippen LogP contribution in [0, 0.1) is 17.6 Å². The Balaban J connectivity index is 1.75. The molecule has 0 N–H and O–H groups in total. The molecule has 0 saturated carbocycles. The van der Waals surface area contributed by atoms with Gasteiger partial charge in [-0.25, -0.2) is 8.78 Å². The molecule has 0 radical (unpaired) electrons. The van der Waals surface area contributed by atoms with E-state index in [9.17, 15) is 17.6 Å². The van der Waals surface area contributed by atoms with Crippen LogP contribution in [0.3, 0.4) is 0 Å². The summed E-state index contributed by atoms with van der Waals surface area (Å²) in [6, 6.07) is 5.43. The second-order valence-electron chi connectivity index (χ2n) is 7.15. The topological polar surface area (TPSA) is 18.5 Å². The summed E-state index contributed by atoms with van der Waals surface area (Å²) in [6.07, 6.45) is -0.368. The van der Waals surface area contributed by atoms with E-state index in [0.717, 1.165) is 30.9 Å². The van der Waals surface area contributed by atoms with E-state index in [2.05, 4.69) is 11.7 Å². The van der Waals surface area contributed by atoms with Gasteiger partial charge < -0.3 is 9.47 Å². The predicted octanol–water partition coefficient (Wildman–Crippen LogP) is 6.63. The highest BCUT2D eigenvalue weighted by Gasteiger charge is 2.34. The summed E-state index contributed by atoms with van der Waals surface area (Å²) in [5.74, 6) is -2.07. The van der Waals surface area contributed by atoms with Gasteiger partial charge in [-0.1, -0.05) is 19.1 Å². The molecular formula is C21H17F5O2. The molecule has 2 aliphatic rings. The molecule has 2 aromatic carbocycles. The number of rotatable bonds is 2. The van der Waals surface area contributed by atoms with Gasteiger partial charge >= 0.3 is 6.36 Å². The summed E-state index contributed by atoms with van der Waals surface area (Å²) >= 11 is 0. The van der Waals surface area contributed by atoms with E-state index < -0.39 is 23.7 Å². The molecule has 1 atom stereocenters. The summed E-state index contributed by atoms with van der Waals surface area (Å²) in [4.78, 5) is 0. The van der Waals surface area contributed by atoms with Crippen molar-refractivity contribution in [3.63, 3.8) is 0 Å². The number of allylic oxidation sites excluding steroid dienone is 2. The molecule has 0 spiro atoms. The van der Waals surface area contributed by atoms with E-state index in [1.54, 1.807) is 12.1 Å². The van der Waals surface area contributed by atoms with Gasteiger partial charge in [0.2, 0.25) is 0 Å². The van der Waals surface area contributed by atoms with Crippen LogP contribution >= 0.6 is 0 Å². The fourth-order valence-electron chi connectivity index (χ4n) is 3.71. The standard InChI is InChI=1S/C21H17F5O2/c1-11-2-4-12(5-3-11)13-6-7-15-14-8-9-17(28-21(24,25)26)18(22)16(14)10-27-20(15)19(13)23/h4,6-9,11H,2-3,5,10H2,1H3. The minimum absolute atomic E-state index is 0.00610. The van der Waals surface area contributed by atoms with Gasteiger partial charge in [0.05, 0.1) is 0 Å². The van der Waals surface area contributed by atoms with Gasteiger partial charge in [-0.2, -0.15) is 0 Å². The Morgan fingerprint density at radius 3 is 2.39 bits per heavy atom. The Bertz CT molecular complexity index is 962. The minimum atomic E-state index is -5.01. The molecule has 2 aromatic rings. The van der Waals surface area contributed by atoms with Gasteiger partial charge in [0.25, 0.3) is 0 Å². The van der Waals surface area contributed by atoms with E-state index in [1.807, 2.05) is 6.08 Å². The number of fused-ring (bicyclic) bond motifs is 3. The first-order valence-electron chi connectivity index (χ1n) is 8.97. The van der Waals surface area contributed by atoms with Crippen molar-refractivity contribution in [2.24, 2.45) is 5.92 Å². The van der Waals surface area contributed by atoms with Gasteiger partial charge in [-0.05, 0) is 54.5 Å². The van der Waals surface area contributed by atoms with Crippen LogP contribution in [0.15, 0.2) is 30.3 Å². The predicted molar refractivity (Wildman–Crippen MR) is 93.8 cm³/mol. The quantitative estimate of drug-likeness (QED) is 0.531. The van der Waals surface area contributed by atoms with Crippen LogP contribution < -0.4 is 9.47 Å². The lowest BCUT2D eigenvalue weighted by molar-refractivity contribution is -0.275. The van der Waals surface area contributed by atoms with Crippen LogP contribution in [0.5, 0.6) is 11.5 Å². The summed E-state index contributed by atoms with van der Waals surface area (Å²) in [6.45, 7) is 1.77. The molecule has 1 aliphatic carbocycles. The lowest BCUT2D eigenvalue weighted by Crippen LogP contribution is -2.19. The van der Waals surface area contributed by atoms with Gasteiger partial charge in [0.1, 0.15) is 6.61 Å². The van der Waals surface area contributed by atoms with Gasteiger partial charge in [-0.3, -0.25) is 0 Å². The SMILES string of the molecule is CC1CC=C(c2ccc3c(c2F)OCc2c-3ccc(OC(F)(F)F)c2F)CC1. The average Bonchev–Trinajstić information content (AvgIpc) is 2.64. The Morgan fingerprint density at radius 1 is 1.00 bits per heavy atom. The van der Waals surface area contributed by atoms with Crippen LogP contribution in [-0.4, -0.2) is 6.36 Å². The minimum Gasteiger partial charge on any atom is -0.485 e. The van der Waals surface area contributed by atoms with Crippen LogP contribution in [0.2, 0.25) is 0 Å². The van der Waals surface area contributed by atoms with Crippen molar-refractivity contribution in [2.45, 2.75) is 39.2 Å². The van der Waals surface area contributed by atoms with Crippen molar-refractivity contribution in [3.8, 4) is 22.6 Å². The van der Waals surface area contributed by atoms with Crippen molar-refractivity contribution in [2.75, 3.05) is 0 Å². The number of benzene rings is 2. The van der Waals surface area contributed by atoms with Crippen LogP contribution in [0.25, 0.3) is 16.7 Å². The number of halogens is 5. The Kier molecular flexibility index (Phi) is 4.56. The summed E-state index contributed by atoms with van der Waals surface area (Å²) in [7, 11) is 0. The van der Waals surface area contributed by atoms with Crippen LogP contribution in [0.4, 0.5) is 22.0 Å². The molecule has 1 unspecified atom stereocenters. The van der Waals surface area contributed by atoms with Crippen molar-refractivity contribution in [1.29, 1.82) is 0 Å². The monoisotopic (exact) mass is 396 g/mol. The average molecular weight is 396 g/mol. The lowest BCUT2D eigenvalue weighted by Gasteiger charge is -2.25. The van der Waals surface area contributed by atoms with Gasteiger partial charge in [0, 0.05) is 16.7 Å². The number of ether oxygens (including phenoxy) is 2. The molecule has 2 nitrogen and oxygen atoms in total. The molecule has 0 bridgehead atoms. The Hall–Kier alpha value is -2.57. The normalized spacial score (nSPS) is 18.6. The highest BCUT2D eigenvalue weighted by atomic mass is 19.4. The molecule has 0 amide bonds. The maximum atomic E-state index is 15.1. The van der Waals surface area contributed by atoms with Gasteiger partial charge in [0.15, 0.2) is 23.1 Å². The maximum Gasteiger partial charge on any atom is 0.573 e. The zero-order chi connectivity index (χ0) is 20.1. The second kappa shape index (κ2) is 6.79. The van der Waals surface area contributed by atoms with E-state index in [1.165, 1.54) is 6.07 Å². The van der Waals surface area contributed by atoms with E-state index >= 15 is 4.39 Å². The molecule has 28 heavy (non-hydrogen) atoms. The Labute approximate surface area is 158 Å². The number of alkyl halides is 3. The number of hydrogen-bond acceptors (Lipinski definition) is 2. The van der Waals surface area contributed by atoms with E-state index in [0.29, 0.717) is 22.6 Å². The molecular weight excluding hydrogens is 379 g/mol. The smallest absolute Gasteiger partial charge is 0.485 e. The first kappa shape index (κ1) is 18.8. The first-order valence-corrected chi connectivity index (χ1v) is 8.97. The van der Waals surface area contributed by atoms with Gasteiger partial charge in [-0.15, -0.1) is 13.2 Å². The highest BCUT2D eigenvalue weighted by Crippen LogP contribution is 2.45. The van der Waals surface area contributed by atoms with Crippen molar-refractivity contribution < 1.29 is 31.4 Å². The molecule has 1 heterocycles. The first-order chi connectivity index (χ1) is 13.2. The van der Waals surface area contributed by atoms with Crippen molar-refractivity contribution >= 4 is 5.57 Å². The fraction of sp³-hybridized carbons (Fsp3) is 0.333. The van der Waals surface area contributed by atoms with Crippen molar-refractivity contribution in [3.05, 3.63) is 53.1 Å².